The maximum atomic E-state index is 12.8. The molecular formula is C18H18F3N7. The number of anilines is 2. The second-order valence-corrected chi connectivity index (χ2v) is 6.77. The van der Waals surface area contributed by atoms with Gasteiger partial charge in [0.25, 0.3) is 0 Å². The SMILES string of the molecule is Cn1cc(CN2CC(c3ccnc(Nc4cc(C(F)(F)F)ccn4)n3)C2)cn1. The topological polar surface area (TPSA) is 71.8 Å². The van der Waals surface area contributed by atoms with E-state index in [1.807, 2.05) is 25.5 Å². The van der Waals surface area contributed by atoms with Gasteiger partial charge in [0.1, 0.15) is 5.82 Å². The van der Waals surface area contributed by atoms with Gasteiger partial charge in [0.05, 0.1) is 17.5 Å². The summed E-state index contributed by atoms with van der Waals surface area (Å²) in [5, 5.41) is 6.92. The van der Waals surface area contributed by atoms with E-state index >= 15 is 0 Å². The van der Waals surface area contributed by atoms with Gasteiger partial charge in [-0.1, -0.05) is 0 Å². The first-order valence-electron chi connectivity index (χ1n) is 8.70. The Morgan fingerprint density at radius 2 is 1.96 bits per heavy atom. The molecule has 0 aromatic carbocycles. The van der Waals surface area contributed by atoms with Gasteiger partial charge in [-0.15, -0.1) is 0 Å². The molecule has 10 heteroatoms. The number of aromatic nitrogens is 5. The molecule has 1 saturated heterocycles. The van der Waals surface area contributed by atoms with Crippen molar-refractivity contribution < 1.29 is 13.2 Å². The number of likely N-dealkylation sites (tertiary alicyclic amines) is 1. The lowest BCUT2D eigenvalue weighted by Crippen LogP contribution is -2.44. The van der Waals surface area contributed by atoms with Crippen LogP contribution in [0.25, 0.3) is 0 Å². The quantitative estimate of drug-likeness (QED) is 0.723. The van der Waals surface area contributed by atoms with E-state index in [0.717, 1.165) is 49.2 Å². The highest BCUT2D eigenvalue weighted by atomic mass is 19.4. The minimum Gasteiger partial charge on any atom is -0.309 e. The van der Waals surface area contributed by atoms with Gasteiger partial charge in [-0.05, 0) is 18.2 Å². The molecule has 146 valence electrons. The zero-order valence-electron chi connectivity index (χ0n) is 15.1. The summed E-state index contributed by atoms with van der Waals surface area (Å²) in [7, 11) is 1.89. The average molecular weight is 389 g/mol. The Morgan fingerprint density at radius 1 is 1.18 bits per heavy atom. The maximum absolute atomic E-state index is 12.8. The minimum absolute atomic E-state index is 0.0544. The highest BCUT2D eigenvalue weighted by Crippen LogP contribution is 2.31. The van der Waals surface area contributed by atoms with Gasteiger partial charge < -0.3 is 5.32 Å². The fraction of sp³-hybridized carbons (Fsp3) is 0.333. The molecule has 1 N–H and O–H groups in total. The molecule has 0 atom stereocenters. The fourth-order valence-corrected chi connectivity index (χ4v) is 3.15. The molecule has 1 aliphatic heterocycles. The number of nitrogens with one attached hydrogen (secondary N) is 1. The van der Waals surface area contributed by atoms with Crippen LogP contribution in [0.15, 0.2) is 43.0 Å². The van der Waals surface area contributed by atoms with Crippen molar-refractivity contribution in [3.05, 3.63) is 59.8 Å². The Balaban J connectivity index is 1.39. The van der Waals surface area contributed by atoms with Gasteiger partial charge in [-0.2, -0.15) is 18.3 Å². The van der Waals surface area contributed by atoms with Crippen LogP contribution in [0.4, 0.5) is 24.9 Å². The van der Waals surface area contributed by atoms with Crippen LogP contribution in [0.2, 0.25) is 0 Å². The number of hydrogen-bond acceptors (Lipinski definition) is 6. The van der Waals surface area contributed by atoms with Crippen LogP contribution in [-0.2, 0) is 19.8 Å². The predicted molar refractivity (Wildman–Crippen MR) is 95.8 cm³/mol. The van der Waals surface area contributed by atoms with E-state index in [2.05, 4.69) is 30.3 Å². The first kappa shape index (κ1) is 18.4. The number of halogens is 3. The number of pyridine rings is 1. The summed E-state index contributed by atoms with van der Waals surface area (Å²) in [6, 6.07) is 3.69. The summed E-state index contributed by atoms with van der Waals surface area (Å²) in [6.45, 7) is 2.54. The average Bonchev–Trinajstić information content (AvgIpc) is 3.02. The molecule has 0 aliphatic carbocycles. The third-order valence-corrected chi connectivity index (χ3v) is 4.54. The van der Waals surface area contributed by atoms with Crippen molar-refractivity contribution in [1.29, 1.82) is 0 Å². The standard InChI is InChI=1S/C18H18F3N7/c1-27-8-12(7-24-27)9-28-10-13(11-28)15-3-5-23-17(25-15)26-16-6-14(2-4-22-16)18(19,20)21/h2-8,13H,9-11H2,1H3,(H,22,23,25,26). The van der Waals surface area contributed by atoms with Gasteiger partial charge in [-0.3, -0.25) is 9.58 Å². The van der Waals surface area contributed by atoms with Crippen molar-refractivity contribution >= 4 is 11.8 Å². The first-order chi connectivity index (χ1) is 13.4. The molecule has 0 radical (unpaired) electrons. The Hall–Kier alpha value is -3.01. The molecule has 0 bridgehead atoms. The molecule has 3 aromatic rings. The summed E-state index contributed by atoms with van der Waals surface area (Å²) in [6.07, 6.45) is 2.12. The zero-order valence-corrected chi connectivity index (χ0v) is 15.1. The maximum Gasteiger partial charge on any atom is 0.416 e. The molecule has 3 aromatic heterocycles. The van der Waals surface area contributed by atoms with Gasteiger partial charge >= 0.3 is 6.18 Å². The third-order valence-electron chi connectivity index (χ3n) is 4.54. The molecule has 0 spiro atoms. The Labute approximate surface area is 159 Å². The lowest BCUT2D eigenvalue weighted by Gasteiger charge is -2.38. The first-order valence-corrected chi connectivity index (χ1v) is 8.70. The summed E-state index contributed by atoms with van der Waals surface area (Å²) < 4.78 is 40.3. The molecule has 7 nitrogen and oxygen atoms in total. The molecule has 0 saturated carbocycles. The largest absolute Gasteiger partial charge is 0.416 e. The van der Waals surface area contributed by atoms with Gasteiger partial charge in [0.2, 0.25) is 5.95 Å². The molecular weight excluding hydrogens is 371 g/mol. The minimum atomic E-state index is -4.42. The van der Waals surface area contributed by atoms with Crippen molar-refractivity contribution in [1.82, 2.24) is 29.6 Å². The number of alkyl halides is 3. The van der Waals surface area contributed by atoms with Crippen LogP contribution < -0.4 is 5.32 Å². The zero-order chi connectivity index (χ0) is 19.7. The Kier molecular flexibility index (Phi) is 4.71. The van der Waals surface area contributed by atoms with E-state index in [0.29, 0.717) is 0 Å². The van der Waals surface area contributed by atoms with Crippen molar-refractivity contribution in [2.45, 2.75) is 18.6 Å². The van der Waals surface area contributed by atoms with Crippen LogP contribution in [0.3, 0.4) is 0 Å². The molecule has 1 fully saturated rings. The fourth-order valence-electron chi connectivity index (χ4n) is 3.15. The number of nitrogens with zero attached hydrogens (tertiary/aromatic N) is 6. The summed E-state index contributed by atoms with van der Waals surface area (Å²) in [5.74, 6) is 0.545. The summed E-state index contributed by atoms with van der Waals surface area (Å²) in [5.41, 5.74) is 1.24. The van der Waals surface area contributed by atoms with E-state index in [1.54, 1.807) is 10.9 Å². The van der Waals surface area contributed by atoms with Crippen molar-refractivity contribution in [3.63, 3.8) is 0 Å². The van der Waals surface area contributed by atoms with Crippen LogP contribution in [0, 0.1) is 0 Å². The molecule has 28 heavy (non-hydrogen) atoms. The predicted octanol–water partition coefficient (Wildman–Crippen LogP) is 2.97. The normalized spacial score (nSPS) is 15.4. The van der Waals surface area contributed by atoms with E-state index in [9.17, 15) is 13.2 Å². The van der Waals surface area contributed by atoms with Gasteiger partial charge in [0, 0.05) is 56.8 Å². The van der Waals surface area contributed by atoms with Crippen LogP contribution in [-0.4, -0.2) is 42.7 Å². The molecule has 4 rings (SSSR count). The number of hydrogen-bond donors (Lipinski definition) is 1. The summed E-state index contributed by atoms with van der Waals surface area (Å²) >= 11 is 0. The van der Waals surface area contributed by atoms with E-state index in [1.165, 1.54) is 0 Å². The van der Waals surface area contributed by atoms with Crippen molar-refractivity contribution in [2.24, 2.45) is 7.05 Å². The monoisotopic (exact) mass is 389 g/mol. The summed E-state index contributed by atoms with van der Waals surface area (Å²) in [4.78, 5) is 14.7. The lowest BCUT2D eigenvalue weighted by molar-refractivity contribution is -0.137. The Morgan fingerprint density at radius 3 is 2.68 bits per heavy atom. The lowest BCUT2D eigenvalue weighted by atomic mass is 9.96. The van der Waals surface area contributed by atoms with Crippen LogP contribution in [0.5, 0.6) is 0 Å². The van der Waals surface area contributed by atoms with Crippen molar-refractivity contribution in [2.75, 3.05) is 18.4 Å². The third kappa shape index (κ3) is 4.11. The van der Waals surface area contributed by atoms with Gasteiger partial charge in [0.15, 0.2) is 0 Å². The highest BCUT2D eigenvalue weighted by molar-refractivity contribution is 5.49. The number of aryl methyl sites for hydroxylation is 1. The molecule has 0 amide bonds. The van der Waals surface area contributed by atoms with E-state index < -0.39 is 11.7 Å². The number of rotatable bonds is 5. The Bertz CT molecular complexity index is 964. The smallest absolute Gasteiger partial charge is 0.309 e. The highest BCUT2D eigenvalue weighted by Gasteiger charge is 2.31. The van der Waals surface area contributed by atoms with Crippen LogP contribution in [0.1, 0.15) is 22.7 Å². The second-order valence-electron chi connectivity index (χ2n) is 6.77. The van der Waals surface area contributed by atoms with E-state index in [-0.39, 0.29) is 17.7 Å². The molecule has 1 aliphatic rings. The molecule has 4 heterocycles. The van der Waals surface area contributed by atoms with Gasteiger partial charge in [-0.25, -0.2) is 15.0 Å². The van der Waals surface area contributed by atoms with E-state index in [4.69, 9.17) is 0 Å². The van der Waals surface area contributed by atoms with Crippen LogP contribution >= 0.6 is 0 Å². The second kappa shape index (κ2) is 7.19. The molecule has 0 unspecified atom stereocenters. The van der Waals surface area contributed by atoms with Crippen molar-refractivity contribution in [3.8, 4) is 0 Å².